The van der Waals surface area contributed by atoms with Crippen molar-refractivity contribution in [3.8, 4) is 0 Å². The number of amidine groups is 1. The van der Waals surface area contributed by atoms with Crippen LogP contribution in [0.4, 0.5) is 0 Å². The number of aliphatic imine (C=N–C) groups is 1. The molecule has 82 valence electrons. The molecule has 3 N–H and O–H groups in total. The smallest absolute Gasteiger partial charge is 0.144 e. The second-order valence-corrected chi connectivity index (χ2v) is 4.66. The van der Waals surface area contributed by atoms with E-state index in [0.717, 1.165) is 10.0 Å². The topological polar surface area (TPSA) is 50.4 Å². The quantitative estimate of drug-likeness (QED) is 0.381. The lowest BCUT2D eigenvalue weighted by Gasteiger charge is -2.09. The van der Waals surface area contributed by atoms with Gasteiger partial charge in [-0.05, 0) is 32.0 Å². The Kier molecular flexibility index (Phi) is 4.57. The van der Waals surface area contributed by atoms with Crippen molar-refractivity contribution in [3.05, 3.63) is 33.3 Å². The molecule has 0 aromatic heterocycles. The number of nitrogens with zero attached hydrogens (tertiary/aromatic N) is 1. The number of hydrogen-bond donors (Lipinski definition) is 2. The summed E-state index contributed by atoms with van der Waals surface area (Å²) in [4.78, 5) is 4.34. The second-order valence-electron chi connectivity index (χ2n) is 3.34. The Morgan fingerprint density at radius 3 is 2.73 bits per heavy atom. The van der Waals surface area contributed by atoms with E-state index in [2.05, 4.69) is 26.3 Å². The summed E-state index contributed by atoms with van der Waals surface area (Å²) in [6, 6.07) is 5.71. The molecule has 0 atom stereocenters. The zero-order valence-corrected chi connectivity index (χ0v) is 10.9. The van der Waals surface area contributed by atoms with Crippen molar-refractivity contribution in [1.29, 1.82) is 0 Å². The molecule has 0 fully saturated rings. The Labute approximate surface area is 103 Å². The van der Waals surface area contributed by atoms with Crippen LogP contribution in [0.15, 0.2) is 27.7 Å². The molecule has 0 unspecified atom stereocenters. The van der Waals surface area contributed by atoms with Crippen LogP contribution in [-0.4, -0.2) is 11.9 Å². The van der Waals surface area contributed by atoms with E-state index < -0.39 is 0 Å². The van der Waals surface area contributed by atoms with Gasteiger partial charge in [0.15, 0.2) is 0 Å². The van der Waals surface area contributed by atoms with Crippen molar-refractivity contribution in [3.63, 3.8) is 0 Å². The number of hydrogen-bond acceptors (Lipinski definition) is 2. The van der Waals surface area contributed by atoms with Crippen LogP contribution in [0.3, 0.4) is 0 Å². The molecule has 0 saturated heterocycles. The highest BCUT2D eigenvalue weighted by atomic mass is 79.9. The van der Waals surface area contributed by atoms with Crippen LogP contribution in [0, 0.1) is 0 Å². The fourth-order valence-corrected chi connectivity index (χ4v) is 1.69. The number of hydrazine groups is 1. The molecule has 0 aliphatic rings. The molecule has 1 aromatic carbocycles. The van der Waals surface area contributed by atoms with Crippen molar-refractivity contribution >= 4 is 33.4 Å². The minimum absolute atomic E-state index is 0.158. The normalized spacial score (nSPS) is 12.0. The first kappa shape index (κ1) is 12.5. The summed E-state index contributed by atoms with van der Waals surface area (Å²) in [5.41, 5.74) is 3.36. The van der Waals surface area contributed by atoms with Crippen LogP contribution in [0.1, 0.15) is 19.4 Å². The van der Waals surface area contributed by atoms with E-state index in [1.165, 1.54) is 0 Å². The van der Waals surface area contributed by atoms with E-state index in [1.807, 2.05) is 26.0 Å². The van der Waals surface area contributed by atoms with Gasteiger partial charge in [-0.15, -0.1) is 0 Å². The van der Waals surface area contributed by atoms with Crippen molar-refractivity contribution in [2.24, 2.45) is 10.8 Å². The number of rotatable bonds is 2. The predicted octanol–water partition coefficient (Wildman–Crippen LogP) is 2.72. The molecule has 0 aliphatic carbocycles. The van der Waals surface area contributed by atoms with Crippen molar-refractivity contribution < 1.29 is 0 Å². The number of nitrogens with one attached hydrogen (secondary N) is 1. The molecule has 3 nitrogen and oxygen atoms in total. The van der Waals surface area contributed by atoms with Crippen molar-refractivity contribution in [2.45, 2.75) is 19.9 Å². The van der Waals surface area contributed by atoms with Crippen LogP contribution >= 0.6 is 27.5 Å². The fraction of sp³-hybridized carbons (Fsp3) is 0.300. The van der Waals surface area contributed by atoms with Crippen LogP contribution < -0.4 is 11.3 Å². The Bertz CT molecular complexity index is 377. The summed E-state index contributed by atoms with van der Waals surface area (Å²) in [6.07, 6.45) is 0. The van der Waals surface area contributed by atoms with E-state index in [1.54, 1.807) is 6.07 Å². The summed E-state index contributed by atoms with van der Waals surface area (Å²) < 4.78 is 0.939. The maximum Gasteiger partial charge on any atom is 0.144 e. The molecule has 0 aliphatic heterocycles. The van der Waals surface area contributed by atoms with Gasteiger partial charge in [-0.25, -0.2) is 5.84 Å². The molecule has 0 amide bonds. The third kappa shape index (κ3) is 3.48. The Morgan fingerprint density at radius 2 is 2.20 bits per heavy atom. The van der Waals surface area contributed by atoms with Gasteiger partial charge in [0.2, 0.25) is 0 Å². The third-order valence-corrected chi connectivity index (χ3v) is 2.53. The summed E-state index contributed by atoms with van der Waals surface area (Å²) in [6.45, 7) is 3.95. The molecular formula is C10H13BrClN3. The summed E-state index contributed by atoms with van der Waals surface area (Å²) >= 11 is 9.43. The number of benzene rings is 1. The number of halogens is 2. The Balaban J connectivity index is 3.17. The lowest BCUT2D eigenvalue weighted by atomic mass is 10.2. The van der Waals surface area contributed by atoms with Crippen molar-refractivity contribution in [1.82, 2.24) is 5.43 Å². The van der Waals surface area contributed by atoms with Crippen LogP contribution in [0.5, 0.6) is 0 Å². The standard InChI is InChI=1S/C10H13BrClN3/c1-6(2)14-10(15-13)8-5-7(11)3-4-9(8)12/h3-6H,13H2,1-2H3,(H,14,15). The zero-order valence-electron chi connectivity index (χ0n) is 8.59. The minimum Gasteiger partial charge on any atom is -0.308 e. The average molecular weight is 291 g/mol. The molecule has 0 spiro atoms. The highest BCUT2D eigenvalue weighted by Crippen LogP contribution is 2.21. The molecule has 5 heteroatoms. The van der Waals surface area contributed by atoms with Crippen LogP contribution in [0.25, 0.3) is 0 Å². The molecule has 0 saturated carbocycles. The minimum atomic E-state index is 0.158. The first-order valence-corrected chi connectivity index (χ1v) is 5.71. The largest absolute Gasteiger partial charge is 0.308 e. The van der Waals surface area contributed by atoms with Gasteiger partial charge in [0.25, 0.3) is 0 Å². The van der Waals surface area contributed by atoms with Gasteiger partial charge >= 0.3 is 0 Å². The molecule has 1 rings (SSSR count). The summed E-state index contributed by atoms with van der Waals surface area (Å²) in [7, 11) is 0. The van der Waals surface area contributed by atoms with Crippen LogP contribution in [-0.2, 0) is 0 Å². The fourth-order valence-electron chi connectivity index (χ4n) is 1.12. The van der Waals surface area contributed by atoms with E-state index in [-0.39, 0.29) is 6.04 Å². The van der Waals surface area contributed by atoms with Gasteiger partial charge in [0.1, 0.15) is 5.84 Å². The maximum atomic E-state index is 6.06. The monoisotopic (exact) mass is 289 g/mol. The second kappa shape index (κ2) is 5.49. The van der Waals surface area contributed by atoms with Crippen molar-refractivity contribution in [2.75, 3.05) is 0 Å². The lowest BCUT2D eigenvalue weighted by molar-refractivity contribution is 0.820. The van der Waals surface area contributed by atoms with Gasteiger partial charge in [0.05, 0.1) is 5.02 Å². The van der Waals surface area contributed by atoms with E-state index >= 15 is 0 Å². The predicted molar refractivity (Wildman–Crippen MR) is 68.1 cm³/mol. The molecule has 0 heterocycles. The summed E-state index contributed by atoms with van der Waals surface area (Å²) in [5.74, 6) is 6.01. The van der Waals surface area contributed by atoms with Gasteiger partial charge in [-0.1, -0.05) is 27.5 Å². The lowest BCUT2D eigenvalue weighted by Crippen LogP contribution is -2.32. The van der Waals surface area contributed by atoms with Gasteiger partial charge < -0.3 is 5.43 Å². The Hall–Kier alpha value is -0.580. The van der Waals surface area contributed by atoms with Crippen LogP contribution in [0.2, 0.25) is 5.02 Å². The number of nitrogens with two attached hydrogens (primary N) is 1. The average Bonchev–Trinajstić information content (AvgIpc) is 2.18. The van der Waals surface area contributed by atoms with Gasteiger partial charge in [-0.2, -0.15) is 0 Å². The molecule has 0 radical (unpaired) electrons. The van der Waals surface area contributed by atoms with E-state index in [0.29, 0.717) is 10.9 Å². The SMILES string of the molecule is CC(C)N=C(NN)c1cc(Br)ccc1Cl. The summed E-state index contributed by atoms with van der Waals surface area (Å²) in [5, 5.41) is 0.621. The van der Waals surface area contributed by atoms with Gasteiger partial charge in [-0.3, -0.25) is 4.99 Å². The maximum absolute atomic E-state index is 6.06. The first-order valence-electron chi connectivity index (χ1n) is 4.54. The highest BCUT2D eigenvalue weighted by molar-refractivity contribution is 9.10. The van der Waals surface area contributed by atoms with Gasteiger partial charge in [0, 0.05) is 16.1 Å². The van der Waals surface area contributed by atoms with E-state index in [4.69, 9.17) is 17.4 Å². The Morgan fingerprint density at radius 1 is 1.53 bits per heavy atom. The molecular weight excluding hydrogens is 277 g/mol. The molecule has 0 bridgehead atoms. The highest BCUT2D eigenvalue weighted by Gasteiger charge is 2.08. The molecule has 1 aromatic rings. The first-order chi connectivity index (χ1) is 7.04. The molecule has 15 heavy (non-hydrogen) atoms. The zero-order chi connectivity index (χ0) is 11.4. The third-order valence-electron chi connectivity index (χ3n) is 1.71. The van der Waals surface area contributed by atoms with E-state index in [9.17, 15) is 0 Å².